The zero-order valence-electron chi connectivity index (χ0n) is 9.11. The van der Waals surface area contributed by atoms with Crippen LogP contribution in [0.3, 0.4) is 0 Å². The Labute approximate surface area is 105 Å². The lowest BCUT2D eigenvalue weighted by Gasteiger charge is -2.07. The molecule has 0 aliphatic heterocycles. The van der Waals surface area contributed by atoms with Gasteiger partial charge in [0.2, 0.25) is 5.91 Å². The molecule has 0 fully saturated rings. The quantitative estimate of drug-likeness (QED) is 0.527. The molecular formula is C10H9BrN2O4. The molecule has 0 radical (unpaired) electrons. The van der Waals surface area contributed by atoms with Gasteiger partial charge in [0, 0.05) is 23.0 Å². The summed E-state index contributed by atoms with van der Waals surface area (Å²) in [7, 11) is 0. The molecule has 90 valence electrons. The molecule has 1 amide bonds. The Bertz CT molecular complexity index is 513. The first-order valence-electron chi connectivity index (χ1n) is 4.59. The molecule has 0 saturated heterocycles. The first-order chi connectivity index (χ1) is 7.82. The summed E-state index contributed by atoms with van der Waals surface area (Å²) in [5.74, 6) is -0.715. The second kappa shape index (κ2) is 5.05. The third kappa shape index (κ3) is 3.10. The van der Waals surface area contributed by atoms with Crippen molar-refractivity contribution < 1.29 is 14.5 Å². The van der Waals surface area contributed by atoms with Gasteiger partial charge in [-0.25, -0.2) is 0 Å². The largest absolute Gasteiger partial charge is 0.320 e. The van der Waals surface area contributed by atoms with E-state index in [4.69, 9.17) is 0 Å². The fraction of sp³-hybridized carbons (Fsp3) is 0.200. The van der Waals surface area contributed by atoms with E-state index >= 15 is 0 Å². The standard InChI is InChI=1S/C10H9BrN2O4/c1-5(14)7-3-8(11)10(12-6(2)15)9(4-7)13(16)17/h3-4H,1-2H3,(H,12,15). The number of anilines is 1. The van der Waals surface area contributed by atoms with E-state index in [1.165, 1.54) is 19.9 Å². The number of nitro benzene ring substituents is 1. The first-order valence-corrected chi connectivity index (χ1v) is 5.38. The number of halogens is 1. The highest BCUT2D eigenvalue weighted by Gasteiger charge is 2.20. The molecule has 17 heavy (non-hydrogen) atoms. The third-order valence-electron chi connectivity index (χ3n) is 1.97. The van der Waals surface area contributed by atoms with E-state index in [0.29, 0.717) is 4.47 Å². The van der Waals surface area contributed by atoms with Crippen LogP contribution in [-0.2, 0) is 4.79 Å². The predicted octanol–water partition coefficient (Wildman–Crippen LogP) is 2.52. The molecule has 7 heteroatoms. The number of carbonyl (C=O) groups is 2. The SMILES string of the molecule is CC(=O)Nc1c(Br)cc(C(C)=O)cc1[N+](=O)[O-]. The van der Waals surface area contributed by atoms with Crippen molar-refractivity contribution in [1.29, 1.82) is 0 Å². The summed E-state index contributed by atoms with van der Waals surface area (Å²) in [6.45, 7) is 2.55. The first kappa shape index (κ1) is 13.3. The van der Waals surface area contributed by atoms with Crippen LogP contribution in [0.15, 0.2) is 16.6 Å². The summed E-state index contributed by atoms with van der Waals surface area (Å²) in [6, 6.07) is 2.57. The van der Waals surface area contributed by atoms with Crippen LogP contribution in [-0.4, -0.2) is 16.6 Å². The number of nitrogens with one attached hydrogen (secondary N) is 1. The van der Waals surface area contributed by atoms with E-state index in [1.54, 1.807) is 0 Å². The topological polar surface area (TPSA) is 89.3 Å². The second-order valence-corrected chi connectivity index (χ2v) is 4.20. The van der Waals surface area contributed by atoms with Crippen molar-refractivity contribution in [3.05, 3.63) is 32.3 Å². The molecular weight excluding hydrogens is 292 g/mol. The van der Waals surface area contributed by atoms with Crippen LogP contribution in [0.4, 0.5) is 11.4 Å². The van der Waals surface area contributed by atoms with Gasteiger partial charge in [0.05, 0.1) is 4.92 Å². The molecule has 1 aromatic carbocycles. The van der Waals surface area contributed by atoms with Crippen molar-refractivity contribution in [1.82, 2.24) is 0 Å². The third-order valence-corrected chi connectivity index (χ3v) is 2.60. The number of Topliss-reactive ketones (excluding diaryl/α,β-unsaturated/α-hetero) is 1. The van der Waals surface area contributed by atoms with E-state index in [9.17, 15) is 19.7 Å². The summed E-state index contributed by atoms with van der Waals surface area (Å²) in [5.41, 5.74) is -0.0649. The lowest BCUT2D eigenvalue weighted by atomic mass is 10.1. The summed E-state index contributed by atoms with van der Waals surface area (Å²) in [4.78, 5) is 32.3. The molecule has 0 aliphatic carbocycles. The summed E-state index contributed by atoms with van der Waals surface area (Å²) >= 11 is 3.09. The van der Waals surface area contributed by atoms with Crippen molar-refractivity contribution in [3.63, 3.8) is 0 Å². The Hall–Kier alpha value is -1.76. The predicted molar refractivity (Wildman–Crippen MR) is 65.1 cm³/mol. The second-order valence-electron chi connectivity index (χ2n) is 3.35. The Balaban J connectivity index is 3.43. The minimum absolute atomic E-state index is 0.0486. The maximum atomic E-state index is 11.2. The number of amides is 1. The van der Waals surface area contributed by atoms with E-state index in [1.807, 2.05) is 0 Å². The highest BCUT2D eigenvalue weighted by Crippen LogP contribution is 2.34. The van der Waals surface area contributed by atoms with Gasteiger partial charge in [0.25, 0.3) is 5.69 Å². The van der Waals surface area contributed by atoms with E-state index < -0.39 is 10.8 Å². The van der Waals surface area contributed by atoms with Gasteiger partial charge in [-0.05, 0) is 28.9 Å². The van der Waals surface area contributed by atoms with Crippen LogP contribution in [0.5, 0.6) is 0 Å². The molecule has 0 aliphatic rings. The maximum Gasteiger partial charge on any atom is 0.294 e. The number of rotatable bonds is 3. The van der Waals surface area contributed by atoms with Crippen LogP contribution in [0, 0.1) is 10.1 Å². The zero-order valence-corrected chi connectivity index (χ0v) is 10.7. The van der Waals surface area contributed by atoms with Gasteiger partial charge in [0.15, 0.2) is 5.78 Å². The Morgan fingerprint density at radius 2 is 1.94 bits per heavy atom. The van der Waals surface area contributed by atoms with Gasteiger partial charge in [-0.1, -0.05) is 0 Å². The Morgan fingerprint density at radius 3 is 2.35 bits per heavy atom. The maximum absolute atomic E-state index is 11.2. The van der Waals surface area contributed by atoms with Gasteiger partial charge in [0.1, 0.15) is 5.69 Å². The Morgan fingerprint density at radius 1 is 1.35 bits per heavy atom. The van der Waals surface area contributed by atoms with E-state index in [-0.39, 0.29) is 22.7 Å². The fourth-order valence-corrected chi connectivity index (χ4v) is 1.79. The summed E-state index contributed by atoms with van der Waals surface area (Å²) < 4.78 is 0.298. The van der Waals surface area contributed by atoms with Crippen molar-refractivity contribution in [2.45, 2.75) is 13.8 Å². The molecule has 0 heterocycles. The summed E-state index contributed by atoms with van der Waals surface area (Å²) in [5, 5.41) is 13.2. The number of hydrogen-bond donors (Lipinski definition) is 1. The normalized spacial score (nSPS) is 9.82. The molecule has 6 nitrogen and oxygen atoms in total. The van der Waals surface area contributed by atoms with Gasteiger partial charge in [-0.2, -0.15) is 0 Å². The molecule has 1 rings (SSSR count). The van der Waals surface area contributed by atoms with Crippen molar-refractivity contribution >= 4 is 39.0 Å². The highest BCUT2D eigenvalue weighted by molar-refractivity contribution is 9.10. The van der Waals surface area contributed by atoms with Crippen molar-refractivity contribution in [2.75, 3.05) is 5.32 Å². The molecule has 0 unspecified atom stereocenters. The van der Waals surface area contributed by atoms with Crippen LogP contribution >= 0.6 is 15.9 Å². The number of nitro groups is 1. The average molecular weight is 301 g/mol. The lowest BCUT2D eigenvalue weighted by molar-refractivity contribution is -0.384. The smallest absolute Gasteiger partial charge is 0.294 e. The monoisotopic (exact) mass is 300 g/mol. The van der Waals surface area contributed by atoms with Gasteiger partial charge < -0.3 is 5.32 Å². The number of hydrogen-bond acceptors (Lipinski definition) is 4. The number of ketones is 1. The van der Waals surface area contributed by atoms with Crippen molar-refractivity contribution in [3.8, 4) is 0 Å². The van der Waals surface area contributed by atoms with E-state index in [0.717, 1.165) is 6.07 Å². The van der Waals surface area contributed by atoms with Crippen LogP contribution in [0.1, 0.15) is 24.2 Å². The van der Waals surface area contributed by atoms with Crippen LogP contribution < -0.4 is 5.32 Å². The number of nitrogens with zero attached hydrogens (tertiary/aromatic N) is 1. The number of benzene rings is 1. The average Bonchev–Trinajstić information content (AvgIpc) is 2.19. The lowest BCUT2D eigenvalue weighted by Crippen LogP contribution is -2.09. The Kier molecular flexibility index (Phi) is 3.95. The zero-order chi connectivity index (χ0) is 13.2. The molecule has 0 aromatic heterocycles. The molecule has 0 saturated carbocycles. The van der Waals surface area contributed by atoms with Gasteiger partial charge in [-0.15, -0.1) is 0 Å². The van der Waals surface area contributed by atoms with Crippen LogP contribution in [0.25, 0.3) is 0 Å². The van der Waals surface area contributed by atoms with Crippen LogP contribution in [0.2, 0.25) is 0 Å². The van der Waals surface area contributed by atoms with Crippen molar-refractivity contribution in [2.24, 2.45) is 0 Å². The molecule has 1 N–H and O–H groups in total. The fourth-order valence-electron chi connectivity index (χ4n) is 1.24. The van der Waals surface area contributed by atoms with E-state index in [2.05, 4.69) is 21.2 Å². The summed E-state index contributed by atoms with van der Waals surface area (Å²) in [6.07, 6.45) is 0. The van der Waals surface area contributed by atoms with Gasteiger partial charge in [-0.3, -0.25) is 19.7 Å². The highest BCUT2D eigenvalue weighted by atomic mass is 79.9. The molecule has 0 atom stereocenters. The number of carbonyl (C=O) groups excluding carboxylic acids is 2. The van der Waals surface area contributed by atoms with Gasteiger partial charge >= 0.3 is 0 Å². The molecule has 0 spiro atoms. The minimum atomic E-state index is -0.650. The minimum Gasteiger partial charge on any atom is -0.320 e. The molecule has 0 bridgehead atoms. The molecule has 1 aromatic rings.